The number of esters is 1. The summed E-state index contributed by atoms with van der Waals surface area (Å²) >= 11 is 0. The number of hydrogen-bond donors (Lipinski definition) is 0. The molecular formula is C24H34O3. The van der Waals surface area contributed by atoms with Gasteiger partial charge in [0.15, 0.2) is 0 Å². The Labute approximate surface area is 164 Å². The van der Waals surface area contributed by atoms with Gasteiger partial charge in [-0.15, -0.1) is 0 Å². The van der Waals surface area contributed by atoms with Gasteiger partial charge in [-0.25, -0.2) is 0 Å². The quantitative estimate of drug-likeness (QED) is 0.354. The molecule has 3 heteroatoms. The van der Waals surface area contributed by atoms with Crippen LogP contribution in [-0.2, 0) is 10.2 Å². The molecule has 0 spiro atoms. The third kappa shape index (κ3) is 3.79. The number of carbonyl (C=O) groups excluding carboxylic acids is 1. The van der Waals surface area contributed by atoms with Gasteiger partial charge in [-0.1, -0.05) is 38.8 Å². The molecule has 148 valence electrons. The molecule has 0 fully saturated rings. The van der Waals surface area contributed by atoms with E-state index in [9.17, 15) is 4.79 Å². The lowest BCUT2D eigenvalue weighted by atomic mass is 9.66. The Kier molecular flexibility index (Phi) is 5.18. The van der Waals surface area contributed by atoms with Crippen LogP contribution in [0, 0.1) is 5.92 Å². The second kappa shape index (κ2) is 7.00. The predicted molar refractivity (Wildman–Crippen MR) is 110 cm³/mol. The third-order valence-corrected chi connectivity index (χ3v) is 6.40. The molecular weight excluding hydrogens is 336 g/mol. The van der Waals surface area contributed by atoms with Crippen LogP contribution in [0.2, 0.25) is 0 Å². The number of allylic oxidation sites excluding steroid dienone is 2. The van der Waals surface area contributed by atoms with E-state index in [1.807, 2.05) is 0 Å². The van der Waals surface area contributed by atoms with Crippen molar-refractivity contribution in [2.45, 2.75) is 91.1 Å². The zero-order valence-electron chi connectivity index (χ0n) is 17.9. The summed E-state index contributed by atoms with van der Waals surface area (Å²) < 4.78 is 12.3. The molecule has 0 saturated carbocycles. The molecule has 27 heavy (non-hydrogen) atoms. The maximum Gasteiger partial charge on any atom is 0.308 e. The first-order valence-electron chi connectivity index (χ1n) is 10.3. The first-order valence-corrected chi connectivity index (χ1v) is 10.3. The molecule has 0 radical (unpaired) electrons. The van der Waals surface area contributed by atoms with Gasteiger partial charge in [0.25, 0.3) is 0 Å². The van der Waals surface area contributed by atoms with Crippen molar-refractivity contribution < 1.29 is 14.3 Å². The minimum Gasteiger partial charge on any atom is -0.487 e. The highest BCUT2D eigenvalue weighted by molar-refractivity contribution is 5.71. The molecule has 1 heterocycles. The zero-order chi connectivity index (χ0) is 20.0. The van der Waals surface area contributed by atoms with Crippen molar-refractivity contribution >= 4 is 5.97 Å². The normalized spacial score (nSPS) is 23.6. The molecule has 1 aliphatic carbocycles. The van der Waals surface area contributed by atoms with Gasteiger partial charge in [-0.05, 0) is 63.1 Å². The Morgan fingerprint density at radius 3 is 2.67 bits per heavy atom. The van der Waals surface area contributed by atoms with Crippen LogP contribution in [0.25, 0.3) is 0 Å². The molecule has 2 aliphatic rings. The number of benzene rings is 1. The molecule has 0 unspecified atom stereocenters. The maximum absolute atomic E-state index is 11.9. The molecule has 0 aromatic heterocycles. The number of rotatable bonds is 4. The van der Waals surface area contributed by atoms with E-state index >= 15 is 0 Å². The van der Waals surface area contributed by atoms with Gasteiger partial charge < -0.3 is 9.47 Å². The maximum atomic E-state index is 11.9. The molecule has 1 aromatic rings. The van der Waals surface area contributed by atoms with E-state index in [4.69, 9.17) is 9.47 Å². The fourth-order valence-electron chi connectivity index (χ4n) is 4.95. The van der Waals surface area contributed by atoms with Crippen LogP contribution in [0.15, 0.2) is 23.8 Å². The summed E-state index contributed by atoms with van der Waals surface area (Å²) in [5, 5.41) is 0. The summed E-state index contributed by atoms with van der Waals surface area (Å²) in [6, 6.07) is 4.28. The number of carbonyl (C=O) groups is 1. The molecule has 2 atom stereocenters. The number of hydrogen-bond acceptors (Lipinski definition) is 3. The summed E-state index contributed by atoms with van der Waals surface area (Å²) in [5.41, 5.74) is 3.43. The fraction of sp³-hybridized carbons (Fsp3) is 0.625. The van der Waals surface area contributed by atoms with Crippen molar-refractivity contribution in [1.82, 2.24) is 0 Å². The van der Waals surface area contributed by atoms with Gasteiger partial charge in [0.05, 0.1) is 0 Å². The number of fused-ring (bicyclic) bond motifs is 3. The van der Waals surface area contributed by atoms with Crippen molar-refractivity contribution in [3.8, 4) is 11.5 Å². The smallest absolute Gasteiger partial charge is 0.308 e. The monoisotopic (exact) mass is 370 g/mol. The molecule has 0 bridgehead atoms. The molecule has 1 aliphatic heterocycles. The fourth-order valence-corrected chi connectivity index (χ4v) is 4.95. The SMILES string of the molecule is CCCC(C)(C)c1cc(OC(C)=O)c2c(c1)OC(C)(C)[C@@H]1CC=C(C)C[C@@H]21. The standard InChI is InChI=1S/C24H34O3/c1-8-11-23(4,5)17-13-20(26-16(3)25)22-18-12-15(2)9-10-19(18)24(6,7)27-21(22)14-17/h9,13-14,18-19H,8,10-12H2,1-7H3/t18-,19-/m1/s1. The van der Waals surface area contributed by atoms with Gasteiger partial charge in [0.1, 0.15) is 17.1 Å². The van der Waals surface area contributed by atoms with E-state index in [0.717, 1.165) is 37.0 Å². The second-order valence-corrected chi connectivity index (χ2v) is 9.52. The lowest BCUT2D eigenvalue weighted by Crippen LogP contribution is -2.45. The molecule has 0 saturated heterocycles. The second-order valence-electron chi connectivity index (χ2n) is 9.52. The van der Waals surface area contributed by atoms with Crippen LogP contribution in [-0.4, -0.2) is 11.6 Å². The van der Waals surface area contributed by atoms with Gasteiger partial charge >= 0.3 is 5.97 Å². The van der Waals surface area contributed by atoms with Gasteiger partial charge in [-0.3, -0.25) is 4.79 Å². The predicted octanol–water partition coefficient (Wildman–Crippen LogP) is 6.30. The molecule has 0 amide bonds. The highest BCUT2D eigenvalue weighted by atomic mass is 16.5. The summed E-state index contributed by atoms with van der Waals surface area (Å²) in [4.78, 5) is 11.9. The van der Waals surface area contributed by atoms with Crippen LogP contribution >= 0.6 is 0 Å². The number of ether oxygens (including phenoxy) is 2. The van der Waals surface area contributed by atoms with E-state index in [1.165, 1.54) is 18.1 Å². The van der Waals surface area contributed by atoms with Crippen LogP contribution < -0.4 is 9.47 Å². The third-order valence-electron chi connectivity index (χ3n) is 6.40. The van der Waals surface area contributed by atoms with E-state index in [1.54, 1.807) is 0 Å². The largest absolute Gasteiger partial charge is 0.487 e. The highest BCUT2D eigenvalue weighted by Crippen LogP contribution is 2.55. The average Bonchev–Trinajstić information content (AvgIpc) is 2.52. The lowest BCUT2D eigenvalue weighted by molar-refractivity contribution is -0.132. The molecule has 3 nitrogen and oxygen atoms in total. The average molecular weight is 371 g/mol. The van der Waals surface area contributed by atoms with E-state index in [-0.39, 0.29) is 17.0 Å². The van der Waals surface area contributed by atoms with Crippen LogP contribution in [0.3, 0.4) is 0 Å². The van der Waals surface area contributed by atoms with Gasteiger partial charge in [0, 0.05) is 24.3 Å². The minimum absolute atomic E-state index is 0.00537. The van der Waals surface area contributed by atoms with Crippen molar-refractivity contribution in [2.24, 2.45) is 5.92 Å². The van der Waals surface area contributed by atoms with Crippen LogP contribution in [0.4, 0.5) is 0 Å². The molecule has 1 aromatic carbocycles. The Balaban J connectivity index is 2.19. The molecule has 3 rings (SSSR count). The molecule has 0 N–H and O–H groups in total. The van der Waals surface area contributed by atoms with Crippen LogP contribution in [0.5, 0.6) is 11.5 Å². The van der Waals surface area contributed by atoms with E-state index in [0.29, 0.717) is 17.6 Å². The summed E-state index contributed by atoms with van der Waals surface area (Å²) in [7, 11) is 0. The summed E-state index contributed by atoms with van der Waals surface area (Å²) in [6.07, 6.45) is 6.51. The van der Waals surface area contributed by atoms with Crippen molar-refractivity contribution in [3.63, 3.8) is 0 Å². The van der Waals surface area contributed by atoms with Gasteiger partial charge in [0.2, 0.25) is 0 Å². The van der Waals surface area contributed by atoms with Gasteiger partial charge in [-0.2, -0.15) is 0 Å². The topological polar surface area (TPSA) is 35.5 Å². The Hall–Kier alpha value is -1.77. The van der Waals surface area contributed by atoms with Crippen molar-refractivity contribution in [3.05, 3.63) is 34.9 Å². The minimum atomic E-state index is -0.271. The van der Waals surface area contributed by atoms with Crippen molar-refractivity contribution in [1.29, 1.82) is 0 Å². The van der Waals surface area contributed by atoms with Crippen molar-refractivity contribution in [2.75, 3.05) is 0 Å². The van der Waals surface area contributed by atoms with E-state index < -0.39 is 0 Å². The first-order chi connectivity index (χ1) is 12.5. The van der Waals surface area contributed by atoms with Crippen LogP contribution in [0.1, 0.15) is 91.2 Å². The Morgan fingerprint density at radius 2 is 2.04 bits per heavy atom. The first kappa shape index (κ1) is 20.0. The van der Waals surface area contributed by atoms with E-state index in [2.05, 4.69) is 59.8 Å². The summed E-state index contributed by atoms with van der Waals surface area (Å²) in [6.45, 7) is 14.8. The Morgan fingerprint density at radius 1 is 1.33 bits per heavy atom. The lowest BCUT2D eigenvalue weighted by Gasteiger charge is -2.47. The zero-order valence-corrected chi connectivity index (χ0v) is 17.9. The highest BCUT2D eigenvalue weighted by Gasteiger charge is 2.46. The Bertz CT molecular complexity index is 770. The summed E-state index contributed by atoms with van der Waals surface area (Å²) in [5.74, 6) is 2.03.